The van der Waals surface area contributed by atoms with Gasteiger partial charge in [0.2, 0.25) is 11.7 Å². The molecule has 4 rings (SSSR count). The normalized spacial score (nSPS) is 15.5. The van der Waals surface area contributed by atoms with Crippen LogP contribution in [0, 0.1) is 0 Å². The Morgan fingerprint density at radius 1 is 1.29 bits per heavy atom. The number of fused-ring (bicyclic) bond motifs is 3. The summed E-state index contributed by atoms with van der Waals surface area (Å²) in [5.41, 5.74) is 0.0406. The number of aryl methyl sites for hydroxylation is 1. The fourth-order valence-electron chi connectivity index (χ4n) is 3.91. The fraction of sp³-hybridized carbons (Fsp3) is 0.579. The van der Waals surface area contributed by atoms with Crippen LogP contribution in [-0.4, -0.2) is 30.7 Å². The zero-order valence-corrected chi connectivity index (χ0v) is 16.8. The largest absolute Gasteiger partial charge is 0.352 e. The van der Waals surface area contributed by atoms with Crippen molar-refractivity contribution in [2.75, 3.05) is 0 Å². The SMILES string of the molecule is CCCCn1c(=O)c2sccc2n2c(=O)n(CC(=O)NC3CCCCC3)nc12. The summed E-state index contributed by atoms with van der Waals surface area (Å²) in [6, 6.07) is 1.94. The predicted octanol–water partition coefficient (Wildman–Crippen LogP) is 2.12. The highest BCUT2D eigenvalue weighted by Crippen LogP contribution is 2.18. The van der Waals surface area contributed by atoms with E-state index in [1.54, 1.807) is 16.0 Å². The number of unbranched alkanes of at least 4 members (excludes halogenated alkanes) is 1. The molecule has 0 unspecified atom stereocenters. The van der Waals surface area contributed by atoms with E-state index in [-0.39, 0.29) is 29.7 Å². The van der Waals surface area contributed by atoms with Crippen LogP contribution in [0.1, 0.15) is 51.9 Å². The van der Waals surface area contributed by atoms with E-state index in [0.717, 1.165) is 38.5 Å². The molecule has 1 fully saturated rings. The van der Waals surface area contributed by atoms with E-state index >= 15 is 0 Å². The highest BCUT2D eigenvalue weighted by atomic mass is 32.1. The minimum Gasteiger partial charge on any atom is -0.352 e. The summed E-state index contributed by atoms with van der Waals surface area (Å²) >= 11 is 1.32. The number of carbonyl (C=O) groups is 1. The molecule has 1 aliphatic carbocycles. The molecule has 0 aromatic carbocycles. The molecule has 0 saturated heterocycles. The maximum atomic E-state index is 13.0. The second-order valence-electron chi connectivity index (χ2n) is 7.42. The van der Waals surface area contributed by atoms with Gasteiger partial charge in [-0.2, -0.15) is 0 Å². The molecule has 3 heterocycles. The van der Waals surface area contributed by atoms with Crippen molar-refractivity contribution < 1.29 is 4.79 Å². The molecule has 0 radical (unpaired) electrons. The van der Waals surface area contributed by atoms with Crippen LogP contribution in [0.5, 0.6) is 0 Å². The Bertz CT molecular complexity index is 1120. The number of hydrogen-bond acceptors (Lipinski definition) is 5. The lowest BCUT2D eigenvalue weighted by Gasteiger charge is -2.22. The molecule has 28 heavy (non-hydrogen) atoms. The van der Waals surface area contributed by atoms with Crippen LogP contribution in [0.3, 0.4) is 0 Å². The Kier molecular flexibility index (Phi) is 5.34. The van der Waals surface area contributed by atoms with Crippen molar-refractivity contribution in [3.63, 3.8) is 0 Å². The molecule has 1 amide bonds. The number of amides is 1. The Morgan fingerprint density at radius 2 is 2.07 bits per heavy atom. The van der Waals surface area contributed by atoms with Gasteiger partial charge >= 0.3 is 5.69 Å². The third-order valence-corrected chi connectivity index (χ3v) is 6.28. The Morgan fingerprint density at radius 3 is 2.82 bits per heavy atom. The lowest BCUT2D eigenvalue weighted by atomic mass is 9.95. The predicted molar refractivity (Wildman–Crippen MR) is 109 cm³/mol. The van der Waals surface area contributed by atoms with Gasteiger partial charge in [0.25, 0.3) is 5.56 Å². The zero-order chi connectivity index (χ0) is 19.7. The van der Waals surface area contributed by atoms with Crippen LogP contribution in [0.4, 0.5) is 0 Å². The zero-order valence-electron chi connectivity index (χ0n) is 16.0. The van der Waals surface area contributed by atoms with E-state index in [0.29, 0.717) is 22.5 Å². The molecule has 150 valence electrons. The Hall–Kier alpha value is -2.42. The molecule has 0 spiro atoms. The first-order chi connectivity index (χ1) is 13.6. The standard InChI is InChI=1S/C19H25N5O3S/c1-2-3-10-22-17(26)16-14(9-11-28-16)24-18(22)21-23(19(24)27)12-15(25)20-13-7-5-4-6-8-13/h9,11,13H,2-8,10,12H2,1H3,(H,20,25). The van der Waals surface area contributed by atoms with Gasteiger partial charge in [0.05, 0.1) is 5.52 Å². The van der Waals surface area contributed by atoms with Gasteiger partial charge in [-0.15, -0.1) is 16.4 Å². The molecule has 9 heteroatoms. The summed E-state index contributed by atoms with van der Waals surface area (Å²) in [4.78, 5) is 38.3. The van der Waals surface area contributed by atoms with Crippen LogP contribution in [0.2, 0.25) is 0 Å². The summed E-state index contributed by atoms with van der Waals surface area (Å²) in [7, 11) is 0. The van der Waals surface area contributed by atoms with Crippen molar-refractivity contribution in [2.45, 2.75) is 71.0 Å². The van der Waals surface area contributed by atoms with E-state index in [4.69, 9.17) is 0 Å². The Labute approximate surface area is 165 Å². The topological polar surface area (TPSA) is 90.4 Å². The number of thiophene rings is 1. The smallest absolute Gasteiger partial charge is 0.352 e. The molecule has 0 bridgehead atoms. The maximum absolute atomic E-state index is 13.0. The minimum absolute atomic E-state index is 0.130. The average molecular weight is 404 g/mol. The number of rotatable bonds is 6. The highest BCUT2D eigenvalue weighted by Gasteiger charge is 2.21. The quantitative estimate of drug-likeness (QED) is 0.683. The van der Waals surface area contributed by atoms with Crippen molar-refractivity contribution in [1.82, 2.24) is 24.1 Å². The fourth-order valence-corrected chi connectivity index (χ4v) is 4.74. The van der Waals surface area contributed by atoms with E-state index < -0.39 is 0 Å². The molecule has 8 nitrogen and oxygen atoms in total. The summed E-state index contributed by atoms with van der Waals surface area (Å²) in [5, 5.41) is 9.18. The summed E-state index contributed by atoms with van der Waals surface area (Å²) in [5.74, 6) is 0.0984. The van der Waals surface area contributed by atoms with E-state index in [1.807, 2.05) is 6.92 Å². The van der Waals surface area contributed by atoms with Crippen LogP contribution < -0.4 is 16.6 Å². The van der Waals surface area contributed by atoms with Gasteiger partial charge in [0.15, 0.2) is 0 Å². The van der Waals surface area contributed by atoms with E-state index in [1.165, 1.54) is 26.8 Å². The number of hydrogen-bond donors (Lipinski definition) is 1. The van der Waals surface area contributed by atoms with Crippen molar-refractivity contribution in [3.05, 3.63) is 32.3 Å². The monoisotopic (exact) mass is 403 g/mol. The number of nitrogens with one attached hydrogen (secondary N) is 1. The molecule has 3 aromatic rings. The van der Waals surface area contributed by atoms with Crippen molar-refractivity contribution in [3.8, 4) is 0 Å². The maximum Gasteiger partial charge on any atom is 0.352 e. The first-order valence-electron chi connectivity index (χ1n) is 9.99. The summed E-state index contributed by atoms with van der Waals surface area (Å²) in [6.45, 7) is 2.41. The first kappa shape index (κ1) is 18.9. The third-order valence-electron chi connectivity index (χ3n) is 5.39. The highest BCUT2D eigenvalue weighted by molar-refractivity contribution is 7.17. The number of carbonyl (C=O) groups excluding carboxylic acids is 1. The van der Waals surface area contributed by atoms with Crippen molar-refractivity contribution in [1.29, 1.82) is 0 Å². The number of nitrogens with zero attached hydrogens (tertiary/aromatic N) is 4. The van der Waals surface area contributed by atoms with E-state index in [2.05, 4.69) is 10.4 Å². The molecule has 3 aromatic heterocycles. The third kappa shape index (κ3) is 3.39. The second kappa shape index (κ2) is 7.90. The Balaban J connectivity index is 1.72. The van der Waals surface area contributed by atoms with Crippen molar-refractivity contribution in [2.24, 2.45) is 0 Å². The molecule has 1 aliphatic rings. The van der Waals surface area contributed by atoms with Gasteiger partial charge in [0, 0.05) is 12.6 Å². The first-order valence-corrected chi connectivity index (χ1v) is 10.9. The second-order valence-corrected chi connectivity index (χ2v) is 8.34. The molecule has 0 atom stereocenters. The minimum atomic E-state index is -0.387. The van der Waals surface area contributed by atoms with Crippen LogP contribution in [-0.2, 0) is 17.9 Å². The van der Waals surface area contributed by atoms with Gasteiger partial charge in [0.1, 0.15) is 11.2 Å². The van der Waals surface area contributed by atoms with Gasteiger partial charge in [-0.25, -0.2) is 13.9 Å². The van der Waals surface area contributed by atoms with E-state index in [9.17, 15) is 14.4 Å². The molecule has 1 saturated carbocycles. The molecule has 1 N–H and O–H groups in total. The molecular formula is C19H25N5O3S. The summed E-state index contributed by atoms with van der Waals surface area (Å²) in [6.07, 6.45) is 7.17. The van der Waals surface area contributed by atoms with Gasteiger partial charge in [-0.05, 0) is 30.7 Å². The number of aromatic nitrogens is 4. The molecular weight excluding hydrogens is 378 g/mol. The van der Waals surface area contributed by atoms with Crippen LogP contribution in [0.15, 0.2) is 21.0 Å². The van der Waals surface area contributed by atoms with Crippen LogP contribution in [0.25, 0.3) is 16.0 Å². The molecule has 0 aliphatic heterocycles. The lowest BCUT2D eigenvalue weighted by Crippen LogP contribution is -2.40. The van der Waals surface area contributed by atoms with Gasteiger partial charge in [-0.3, -0.25) is 14.2 Å². The summed E-state index contributed by atoms with van der Waals surface area (Å²) < 4.78 is 4.72. The van der Waals surface area contributed by atoms with Gasteiger partial charge in [-0.1, -0.05) is 32.6 Å². The van der Waals surface area contributed by atoms with Crippen LogP contribution >= 0.6 is 11.3 Å². The van der Waals surface area contributed by atoms with Gasteiger partial charge < -0.3 is 5.32 Å². The lowest BCUT2D eigenvalue weighted by molar-refractivity contribution is -0.122. The average Bonchev–Trinajstić information content (AvgIpc) is 3.28. The van der Waals surface area contributed by atoms with Crippen molar-refractivity contribution >= 4 is 33.2 Å².